The Morgan fingerprint density at radius 3 is 1.80 bits per heavy atom. The normalized spacial score (nSPS) is 10.7. The second kappa shape index (κ2) is 10.0. The average Bonchev–Trinajstić information content (AvgIpc) is 2.71. The first-order valence-corrected chi connectivity index (χ1v) is 9.90. The summed E-state index contributed by atoms with van der Waals surface area (Å²) in [5.74, 6) is 0.0955. The van der Waals surface area contributed by atoms with E-state index in [1.807, 2.05) is 42.5 Å². The van der Waals surface area contributed by atoms with Gasteiger partial charge in [-0.25, -0.2) is 0 Å². The van der Waals surface area contributed by atoms with Gasteiger partial charge in [-0.3, -0.25) is 0 Å². The number of rotatable bonds is 7. The smallest absolute Gasteiger partial charge is 0.387 e. The molecule has 3 aromatic carbocycles. The van der Waals surface area contributed by atoms with Crippen LogP contribution in [0.4, 0.5) is 31.5 Å². The molecule has 0 amide bonds. The molecular formula is C23H23F2N3OS. The second-order valence-corrected chi connectivity index (χ2v) is 7.24. The predicted molar refractivity (Wildman–Crippen MR) is 123 cm³/mol. The summed E-state index contributed by atoms with van der Waals surface area (Å²) in [6.07, 6.45) is 0. The standard InChI is InChI=1S/C23H23F2N3OS/c1-16(2)28(19-6-4-3-5-7-19)20-12-8-17(9-13-20)26-23(30)27-18-10-14-21(15-11-18)29-22(24)25/h3-16,22H,1-2H3,(H2,26,27,30). The van der Waals surface area contributed by atoms with E-state index in [0.29, 0.717) is 16.8 Å². The van der Waals surface area contributed by atoms with Gasteiger partial charge in [-0.05, 0) is 86.7 Å². The quantitative estimate of drug-likeness (QED) is 0.413. The summed E-state index contributed by atoms with van der Waals surface area (Å²) in [5.41, 5.74) is 3.71. The third-order valence-corrected chi connectivity index (χ3v) is 4.50. The van der Waals surface area contributed by atoms with Crippen LogP contribution in [0.25, 0.3) is 0 Å². The molecule has 0 bridgehead atoms. The van der Waals surface area contributed by atoms with Crippen LogP contribution in [0.5, 0.6) is 5.75 Å². The fourth-order valence-electron chi connectivity index (χ4n) is 3.05. The molecule has 0 radical (unpaired) electrons. The van der Waals surface area contributed by atoms with Crippen molar-refractivity contribution in [3.63, 3.8) is 0 Å². The molecule has 0 aliphatic rings. The van der Waals surface area contributed by atoms with E-state index in [9.17, 15) is 8.78 Å². The van der Waals surface area contributed by atoms with Gasteiger partial charge in [0.2, 0.25) is 0 Å². The van der Waals surface area contributed by atoms with Crippen molar-refractivity contribution in [2.75, 3.05) is 15.5 Å². The molecule has 3 aromatic rings. The van der Waals surface area contributed by atoms with Gasteiger partial charge in [-0.15, -0.1) is 0 Å². The number of hydrogen-bond donors (Lipinski definition) is 2. The first-order valence-electron chi connectivity index (χ1n) is 9.49. The number of ether oxygens (including phenoxy) is 1. The van der Waals surface area contributed by atoms with E-state index < -0.39 is 6.61 Å². The predicted octanol–water partition coefficient (Wildman–Crippen LogP) is 6.64. The molecule has 30 heavy (non-hydrogen) atoms. The molecule has 0 atom stereocenters. The summed E-state index contributed by atoms with van der Waals surface area (Å²) >= 11 is 5.34. The Bertz CT molecular complexity index is 948. The molecule has 0 unspecified atom stereocenters. The van der Waals surface area contributed by atoms with E-state index in [1.165, 1.54) is 12.1 Å². The number of hydrogen-bond acceptors (Lipinski definition) is 3. The van der Waals surface area contributed by atoms with Crippen molar-refractivity contribution in [2.24, 2.45) is 0 Å². The molecule has 0 aliphatic heterocycles. The van der Waals surface area contributed by atoms with Crippen LogP contribution in [0.1, 0.15) is 13.8 Å². The van der Waals surface area contributed by atoms with Crippen molar-refractivity contribution in [3.8, 4) is 5.75 Å². The Kier molecular flexibility index (Phi) is 7.19. The van der Waals surface area contributed by atoms with Crippen LogP contribution in [0.15, 0.2) is 78.9 Å². The van der Waals surface area contributed by atoms with Gasteiger partial charge >= 0.3 is 6.61 Å². The summed E-state index contributed by atoms with van der Waals surface area (Å²) in [6, 6.07) is 24.7. The minimum Gasteiger partial charge on any atom is -0.435 e. The summed E-state index contributed by atoms with van der Waals surface area (Å²) < 4.78 is 28.8. The summed E-state index contributed by atoms with van der Waals surface area (Å²) in [7, 11) is 0. The topological polar surface area (TPSA) is 36.5 Å². The SMILES string of the molecule is CC(C)N(c1ccccc1)c1ccc(NC(=S)Nc2ccc(OC(F)F)cc2)cc1. The number of benzene rings is 3. The lowest BCUT2D eigenvalue weighted by Crippen LogP contribution is -2.25. The molecule has 156 valence electrons. The molecule has 3 rings (SSSR count). The van der Waals surface area contributed by atoms with Gasteiger partial charge in [0.1, 0.15) is 5.75 Å². The molecule has 4 nitrogen and oxygen atoms in total. The minimum absolute atomic E-state index is 0.0955. The lowest BCUT2D eigenvalue weighted by molar-refractivity contribution is -0.0498. The molecule has 2 N–H and O–H groups in total. The van der Waals surface area contributed by atoms with E-state index >= 15 is 0 Å². The van der Waals surface area contributed by atoms with Gasteiger partial charge in [-0.1, -0.05) is 18.2 Å². The van der Waals surface area contributed by atoms with Crippen LogP contribution in [0.3, 0.4) is 0 Å². The number of nitrogens with one attached hydrogen (secondary N) is 2. The minimum atomic E-state index is -2.84. The first-order chi connectivity index (χ1) is 14.4. The number of thiocarbonyl (C=S) groups is 1. The van der Waals surface area contributed by atoms with Crippen molar-refractivity contribution in [2.45, 2.75) is 26.5 Å². The lowest BCUT2D eigenvalue weighted by Gasteiger charge is -2.29. The number of halogens is 2. The highest BCUT2D eigenvalue weighted by molar-refractivity contribution is 7.80. The van der Waals surface area contributed by atoms with Gasteiger partial charge in [-0.2, -0.15) is 8.78 Å². The monoisotopic (exact) mass is 427 g/mol. The van der Waals surface area contributed by atoms with Crippen LogP contribution >= 0.6 is 12.2 Å². The first kappa shape index (κ1) is 21.5. The zero-order chi connectivity index (χ0) is 21.5. The zero-order valence-electron chi connectivity index (χ0n) is 16.7. The third kappa shape index (κ3) is 5.90. The van der Waals surface area contributed by atoms with E-state index in [2.05, 4.69) is 46.3 Å². The van der Waals surface area contributed by atoms with E-state index in [0.717, 1.165) is 17.1 Å². The highest BCUT2D eigenvalue weighted by Crippen LogP contribution is 2.28. The molecule has 0 spiro atoms. The number of para-hydroxylation sites is 1. The fourth-order valence-corrected chi connectivity index (χ4v) is 3.29. The van der Waals surface area contributed by atoms with Gasteiger partial charge < -0.3 is 20.3 Å². The molecule has 0 saturated heterocycles. The van der Waals surface area contributed by atoms with Gasteiger partial charge in [0.15, 0.2) is 5.11 Å². The maximum Gasteiger partial charge on any atom is 0.387 e. The number of anilines is 4. The Morgan fingerprint density at radius 1 is 0.800 bits per heavy atom. The summed E-state index contributed by atoms with van der Waals surface area (Å²) in [6.45, 7) is 1.45. The van der Waals surface area contributed by atoms with E-state index in [1.54, 1.807) is 12.1 Å². The van der Waals surface area contributed by atoms with Crippen LogP contribution in [-0.2, 0) is 0 Å². The summed E-state index contributed by atoms with van der Waals surface area (Å²) in [5, 5.41) is 6.54. The fraction of sp³-hybridized carbons (Fsp3) is 0.174. The van der Waals surface area contributed by atoms with Crippen LogP contribution in [0, 0.1) is 0 Å². The average molecular weight is 428 g/mol. The molecule has 0 aromatic heterocycles. The van der Waals surface area contributed by atoms with Gasteiger partial charge in [0, 0.05) is 28.8 Å². The van der Waals surface area contributed by atoms with Gasteiger partial charge in [0.25, 0.3) is 0 Å². The molecule has 0 saturated carbocycles. The van der Waals surface area contributed by atoms with Crippen LogP contribution in [0.2, 0.25) is 0 Å². The number of alkyl halides is 2. The molecular weight excluding hydrogens is 404 g/mol. The van der Waals surface area contributed by atoms with Crippen LogP contribution in [-0.4, -0.2) is 17.8 Å². The van der Waals surface area contributed by atoms with Crippen molar-refractivity contribution in [3.05, 3.63) is 78.9 Å². The van der Waals surface area contributed by atoms with Crippen LogP contribution < -0.4 is 20.3 Å². The molecule has 0 aliphatic carbocycles. The van der Waals surface area contributed by atoms with E-state index in [4.69, 9.17) is 12.2 Å². The zero-order valence-corrected chi connectivity index (χ0v) is 17.5. The van der Waals surface area contributed by atoms with E-state index in [-0.39, 0.29) is 5.75 Å². The molecule has 0 fully saturated rings. The van der Waals surface area contributed by atoms with Crippen molar-refractivity contribution >= 4 is 40.1 Å². The highest BCUT2D eigenvalue weighted by Gasteiger charge is 2.12. The summed E-state index contributed by atoms with van der Waals surface area (Å²) in [4.78, 5) is 2.25. The van der Waals surface area contributed by atoms with Crippen molar-refractivity contribution in [1.82, 2.24) is 0 Å². The maximum atomic E-state index is 12.2. The second-order valence-electron chi connectivity index (χ2n) is 6.83. The van der Waals surface area contributed by atoms with Gasteiger partial charge in [0.05, 0.1) is 0 Å². The lowest BCUT2D eigenvalue weighted by atomic mass is 10.2. The van der Waals surface area contributed by atoms with Crippen molar-refractivity contribution < 1.29 is 13.5 Å². The Morgan fingerprint density at radius 2 is 1.30 bits per heavy atom. The number of nitrogens with zero attached hydrogens (tertiary/aromatic N) is 1. The van der Waals surface area contributed by atoms with Crippen molar-refractivity contribution in [1.29, 1.82) is 0 Å². The Balaban J connectivity index is 1.63. The Hall–Kier alpha value is -3.19. The Labute approximate surface area is 180 Å². The third-order valence-electron chi connectivity index (χ3n) is 4.29. The largest absolute Gasteiger partial charge is 0.435 e. The molecule has 7 heteroatoms. The maximum absolute atomic E-state index is 12.2. The highest BCUT2D eigenvalue weighted by atomic mass is 32.1. The molecule has 0 heterocycles.